The van der Waals surface area contributed by atoms with E-state index in [2.05, 4.69) is 57.9 Å². The molecule has 118 valence electrons. The summed E-state index contributed by atoms with van der Waals surface area (Å²) in [7, 11) is 4.07. The van der Waals surface area contributed by atoms with Gasteiger partial charge in [-0.1, -0.05) is 35.5 Å². The Balaban J connectivity index is 1.64. The van der Waals surface area contributed by atoms with Crippen molar-refractivity contribution in [3.8, 4) is 0 Å². The van der Waals surface area contributed by atoms with Crippen molar-refractivity contribution >= 4 is 0 Å². The molecule has 6 heteroatoms. The van der Waals surface area contributed by atoms with Crippen LogP contribution >= 0.6 is 0 Å². The van der Waals surface area contributed by atoms with Gasteiger partial charge in [-0.3, -0.25) is 9.58 Å². The van der Waals surface area contributed by atoms with Crippen molar-refractivity contribution in [3.63, 3.8) is 0 Å². The number of likely N-dealkylation sites (N-methyl/N-ethyl adjacent to an activating group) is 1. The Labute approximate surface area is 131 Å². The number of rotatable bonds is 5. The Morgan fingerprint density at radius 2 is 2.09 bits per heavy atom. The number of benzene rings is 1. The van der Waals surface area contributed by atoms with Gasteiger partial charge in [-0.25, -0.2) is 0 Å². The van der Waals surface area contributed by atoms with E-state index in [1.165, 1.54) is 5.56 Å². The van der Waals surface area contributed by atoms with E-state index in [0.29, 0.717) is 0 Å². The zero-order valence-electron chi connectivity index (χ0n) is 13.1. The summed E-state index contributed by atoms with van der Waals surface area (Å²) in [5.41, 5.74) is 2.37. The summed E-state index contributed by atoms with van der Waals surface area (Å²) in [5, 5.41) is 11.3. The van der Waals surface area contributed by atoms with Crippen LogP contribution in [0.25, 0.3) is 0 Å². The van der Waals surface area contributed by atoms with Gasteiger partial charge in [0.25, 0.3) is 0 Å². The standard InChI is InChI=1S/C16H23N5O/c1-20-8-9-22-15(16(20)13-6-4-3-5-7-13)12-17-10-14-11-18-19-21(14)2/h3-7,11,15-17H,8-10,12H2,1-2H3/t15-,16-/m0/s1. The number of hydrogen-bond acceptors (Lipinski definition) is 5. The number of nitrogens with zero attached hydrogens (tertiary/aromatic N) is 4. The number of aromatic nitrogens is 3. The maximum absolute atomic E-state index is 6.02. The zero-order chi connectivity index (χ0) is 15.4. The van der Waals surface area contributed by atoms with Crippen molar-refractivity contribution < 1.29 is 4.74 Å². The molecule has 1 N–H and O–H groups in total. The summed E-state index contributed by atoms with van der Waals surface area (Å²) in [6.45, 7) is 3.28. The van der Waals surface area contributed by atoms with Gasteiger partial charge >= 0.3 is 0 Å². The summed E-state index contributed by atoms with van der Waals surface area (Å²) >= 11 is 0. The number of morpholine rings is 1. The topological polar surface area (TPSA) is 55.2 Å². The molecule has 0 radical (unpaired) electrons. The number of ether oxygens (including phenoxy) is 1. The maximum atomic E-state index is 6.02. The number of aryl methyl sites for hydroxylation is 1. The molecule has 1 aromatic heterocycles. The Morgan fingerprint density at radius 3 is 2.82 bits per heavy atom. The fourth-order valence-electron chi connectivity index (χ4n) is 2.97. The van der Waals surface area contributed by atoms with E-state index < -0.39 is 0 Å². The molecule has 2 aromatic rings. The molecule has 1 aromatic carbocycles. The van der Waals surface area contributed by atoms with Gasteiger partial charge in [-0.2, -0.15) is 0 Å². The molecular formula is C16H23N5O. The molecule has 6 nitrogen and oxygen atoms in total. The highest BCUT2D eigenvalue weighted by Gasteiger charge is 2.30. The lowest BCUT2D eigenvalue weighted by atomic mass is 9.98. The molecule has 3 rings (SSSR count). The minimum atomic E-state index is 0.141. The second-order valence-electron chi connectivity index (χ2n) is 5.73. The van der Waals surface area contributed by atoms with Crippen LogP contribution in [-0.4, -0.2) is 52.7 Å². The minimum Gasteiger partial charge on any atom is -0.374 e. The second kappa shape index (κ2) is 7.00. The van der Waals surface area contributed by atoms with Crippen LogP contribution in [0.5, 0.6) is 0 Å². The van der Waals surface area contributed by atoms with Crippen molar-refractivity contribution in [2.45, 2.75) is 18.7 Å². The van der Waals surface area contributed by atoms with E-state index in [1.807, 2.05) is 7.05 Å². The van der Waals surface area contributed by atoms with Gasteiger partial charge in [0, 0.05) is 26.7 Å². The highest BCUT2D eigenvalue weighted by molar-refractivity contribution is 5.21. The average Bonchev–Trinajstić information content (AvgIpc) is 2.94. The summed E-state index contributed by atoms with van der Waals surface area (Å²) in [6, 6.07) is 10.9. The van der Waals surface area contributed by atoms with E-state index in [-0.39, 0.29) is 12.1 Å². The molecule has 0 unspecified atom stereocenters. The molecular weight excluding hydrogens is 278 g/mol. The lowest BCUT2D eigenvalue weighted by Crippen LogP contribution is -2.47. The van der Waals surface area contributed by atoms with E-state index in [9.17, 15) is 0 Å². The van der Waals surface area contributed by atoms with Crippen molar-refractivity contribution in [3.05, 3.63) is 47.8 Å². The van der Waals surface area contributed by atoms with Crippen molar-refractivity contribution in [1.29, 1.82) is 0 Å². The third kappa shape index (κ3) is 3.35. The third-order valence-electron chi connectivity index (χ3n) is 4.20. The normalized spacial score (nSPS) is 22.8. The fraction of sp³-hybridized carbons (Fsp3) is 0.500. The van der Waals surface area contributed by atoms with Crippen LogP contribution in [0.2, 0.25) is 0 Å². The summed E-state index contributed by atoms with van der Waals surface area (Å²) in [4.78, 5) is 2.37. The first-order chi connectivity index (χ1) is 10.8. The largest absolute Gasteiger partial charge is 0.374 e. The molecule has 0 spiro atoms. The fourth-order valence-corrected chi connectivity index (χ4v) is 2.97. The van der Waals surface area contributed by atoms with Gasteiger partial charge in [-0.05, 0) is 12.6 Å². The SMILES string of the molecule is CN1CCO[C@@H](CNCc2cnnn2C)[C@@H]1c1ccccc1. The number of nitrogens with one attached hydrogen (secondary N) is 1. The van der Waals surface area contributed by atoms with Gasteiger partial charge in [-0.15, -0.1) is 5.10 Å². The summed E-state index contributed by atoms with van der Waals surface area (Å²) in [6.07, 6.45) is 1.93. The van der Waals surface area contributed by atoms with E-state index in [0.717, 1.165) is 31.9 Å². The molecule has 0 bridgehead atoms. The van der Waals surface area contributed by atoms with Gasteiger partial charge in [0.15, 0.2) is 0 Å². The van der Waals surface area contributed by atoms with Crippen LogP contribution in [0.15, 0.2) is 36.5 Å². The van der Waals surface area contributed by atoms with Crippen LogP contribution in [0.4, 0.5) is 0 Å². The second-order valence-corrected chi connectivity index (χ2v) is 5.73. The van der Waals surface area contributed by atoms with Crippen LogP contribution < -0.4 is 5.32 Å². The first-order valence-corrected chi connectivity index (χ1v) is 7.67. The highest BCUT2D eigenvalue weighted by atomic mass is 16.5. The molecule has 1 saturated heterocycles. The van der Waals surface area contributed by atoms with Crippen LogP contribution in [0.1, 0.15) is 17.3 Å². The van der Waals surface area contributed by atoms with Gasteiger partial charge < -0.3 is 10.1 Å². The zero-order valence-corrected chi connectivity index (χ0v) is 13.1. The Bertz CT molecular complexity index is 585. The molecule has 1 fully saturated rings. The van der Waals surface area contributed by atoms with Crippen LogP contribution in [0, 0.1) is 0 Å². The Morgan fingerprint density at radius 1 is 1.27 bits per heavy atom. The molecule has 1 aliphatic rings. The molecule has 1 aliphatic heterocycles. The monoisotopic (exact) mass is 301 g/mol. The average molecular weight is 301 g/mol. The van der Waals surface area contributed by atoms with Gasteiger partial charge in [0.2, 0.25) is 0 Å². The molecule has 0 amide bonds. The lowest BCUT2D eigenvalue weighted by Gasteiger charge is -2.39. The molecule has 0 saturated carbocycles. The quantitative estimate of drug-likeness (QED) is 0.892. The van der Waals surface area contributed by atoms with Gasteiger partial charge in [0.1, 0.15) is 0 Å². The maximum Gasteiger partial charge on any atom is 0.0896 e. The third-order valence-corrected chi connectivity index (χ3v) is 4.20. The Hall–Kier alpha value is -1.76. The predicted octanol–water partition coefficient (Wildman–Crippen LogP) is 0.977. The van der Waals surface area contributed by atoms with Crippen LogP contribution in [0.3, 0.4) is 0 Å². The van der Waals surface area contributed by atoms with Crippen LogP contribution in [-0.2, 0) is 18.3 Å². The predicted molar refractivity (Wildman–Crippen MR) is 84.3 cm³/mol. The molecule has 2 heterocycles. The first-order valence-electron chi connectivity index (χ1n) is 7.67. The van der Waals surface area contributed by atoms with E-state index >= 15 is 0 Å². The molecule has 22 heavy (non-hydrogen) atoms. The first kappa shape index (κ1) is 15.1. The van der Waals surface area contributed by atoms with Crippen molar-refractivity contribution in [2.24, 2.45) is 7.05 Å². The summed E-state index contributed by atoms with van der Waals surface area (Å²) in [5.74, 6) is 0. The number of hydrogen-bond donors (Lipinski definition) is 1. The van der Waals surface area contributed by atoms with E-state index in [1.54, 1.807) is 10.9 Å². The highest BCUT2D eigenvalue weighted by Crippen LogP contribution is 2.27. The minimum absolute atomic E-state index is 0.141. The van der Waals surface area contributed by atoms with E-state index in [4.69, 9.17) is 4.74 Å². The lowest BCUT2D eigenvalue weighted by molar-refractivity contribution is -0.0615. The molecule has 0 aliphatic carbocycles. The van der Waals surface area contributed by atoms with Gasteiger partial charge in [0.05, 0.1) is 30.6 Å². The van der Waals surface area contributed by atoms with Crippen molar-refractivity contribution in [2.75, 3.05) is 26.7 Å². The van der Waals surface area contributed by atoms with Crippen molar-refractivity contribution in [1.82, 2.24) is 25.2 Å². The Kier molecular flexibility index (Phi) is 4.82. The summed E-state index contributed by atoms with van der Waals surface area (Å²) < 4.78 is 7.81. The molecule has 2 atom stereocenters. The smallest absolute Gasteiger partial charge is 0.0896 e.